The highest BCUT2D eigenvalue weighted by atomic mass is 19.1. The first-order valence-electron chi connectivity index (χ1n) is 16.0. The molecule has 4 rings (SSSR count). The molecule has 1 N–H and O–H groups in total. The van der Waals surface area contributed by atoms with Crippen molar-refractivity contribution in [2.75, 3.05) is 26.2 Å². The number of hydrogen-bond acceptors (Lipinski definition) is 7. The fraction of sp³-hybridized carbons (Fsp3) is 0.588. The van der Waals surface area contributed by atoms with E-state index in [0.717, 1.165) is 12.8 Å². The van der Waals surface area contributed by atoms with Crippen molar-refractivity contribution in [3.63, 3.8) is 0 Å². The number of ether oxygens (including phenoxy) is 3. The summed E-state index contributed by atoms with van der Waals surface area (Å²) in [5.41, 5.74) is 0.682. The van der Waals surface area contributed by atoms with Gasteiger partial charge in [0, 0.05) is 43.9 Å². The predicted molar refractivity (Wildman–Crippen MR) is 169 cm³/mol. The largest absolute Gasteiger partial charge is 0.474 e. The molecule has 0 saturated carbocycles. The van der Waals surface area contributed by atoms with Crippen molar-refractivity contribution in [3.8, 4) is 17.0 Å². The van der Waals surface area contributed by atoms with Crippen molar-refractivity contribution >= 4 is 18.1 Å². The number of alkyl halides is 1. The molecule has 2 saturated heterocycles. The second-order valence-corrected chi connectivity index (χ2v) is 13.3. The minimum Gasteiger partial charge on any atom is -0.474 e. The van der Waals surface area contributed by atoms with E-state index in [1.54, 1.807) is 56.1 Å². The van der Waals surface area contributed by atoms with Crippen LogP contribution >= 0.6 is 0 Å². The number of rotatable bonds is 9. The minimum atomic E-state index is -1.13. The van der Waals surface area contributed by atoms with Crippen LogP contribution in [-0.4, -0.2) is 89.1 Å². The number of nitrogens with zero attached hydrogens (tertiary/aromatic N) is 3. The quantitative estimate of drug-likeness (QED) is 0.361. The molecule has 1 aromatic heterocycles. The Balaban J connectivity index is 1.37. The predicted octanol–water partition coefficient (Wildman–Crippen LogP) is 5.92. The van der Waals surface area contributed by atoms with E-state index in [2.05, 4.69) is 10.3 Å². The highest BCUT2D eigenvalue weighted by molar-refractivity contribution is 5.86. The lowest BCUT2D eigenvalue weighted by Crippen LogP contribution is -2.50. The van der Waals surface area contributed by atoms with Crippen LogP contribution in [0.1, 0.15) is 66.4 Å². The Hall–Kier alpha value is -3.96. The Morgan fingerprint density at radius 2 is 1.67 bits per heavy atom. The summed E-state index contributed by atoms with van der Waals surface area (Å²) in [6.07, 6.45) is 0.816. The van der Waals surface area contributed by atoms with Crippen LogP contribution in [-0.2, 0) is 20.7 Å². The van der Waals surface area contributed by atoms with Crippen molar-refractivity contribution in [1.29, 1.82) is 0 Å². The molecule has 3 heterocycles. The lowest BCUT2D eigenvalue weighted by atomic mass is 9.92. The number of pyridine rings is 1. The van der Waals surface area contributed by atoms with Gasteiger partial charge in [0.2, 0.25) is 11.8 Å². The fourth-order valence-electron chi connectivity index (χ4n) is 5.64. The molecule has 2 aliphatic rings. The molecule has 252 valence electrons. The summed E-state index contributed by atoms with van der Waals surface area (Å²) in [7, 11) is 0. The van der Waals surface area contributed by atoms with Gasteiger partial charge < -0.3 is 29.3 Å². The number of halogens is 2. The molecule has 2 aliphatic heterocycles. The Kier molecular flexibility index (Phi) is 11.4. The second kappa shape index (κ2) is 15.1. The van der Waals surface area contributed by atoms with Gasteiger partial charge in [0.15, 0.2) is 0 Å². The Labute approximate surface area is 269 Å². The first kappa shape index (κ1) is 34.9. The second-order valence-electron chi connectivity index (χ2n) is 13.3. The standard InChI is InChI=1S/C34H46F2N4O6/c1-21(2)44-33(43)39-14-11-23(12-15-39)22(3)45-30-10-9-26(19-37-30)24-7-8-25(28(36)17-24)18-29(38-32(42)46-34(4,5)6)31(41)40-16-13-27(35)20-40/h7-10,17,19,21-23,27,29H,11-16,18,20H2,1-6H3,(H,38,42). The van der Waals surface area contributed by atoms with Gasteiger partial charge in [0.05, 0.1) is 12.6 Å². The van der Waals surface area contributed by atoms with E-state index in [9.17, 15) is 18.8 Å². The van der Waals surface area contributed by atoms with Crippen LogP contribution in [0.4, 0.5) is 18.4 Å². The number of piperidine rings is 1. The van der Waals surface area contributed by atoms with E-state index < -0.39 is 35.6 Å². The number of carbonyl (C=O) groups excluding carboxylic acids is 3. The molecule has 46 heavy (non-hydrogen) atoms. The van der Waals surface area contributed by atoms with E-state index in [1.165, 1.54) is 11.0 Å². The van der Waals surface area contributed by atoms with E-state index >= 15 is 4.39 Å². The zero-order chi connectivity index (χ0) is 33.6. The zero-order valence-electron chi connectivity index (χ0n) is 27.6. The molecule has 3 unspecified atom stereocenters. The van der Waals surface area contributed by atoms with Gasteiger partial charge in [0.25, 0.3) is 0 Å². The van der Waals surface area contributed by atoms with Crippen molar-refractivity contribution in [1.82, 2.24) is 20.1 Å². The summed E-state index contributed by atoms with van der Waals surface area (Å²) >= 11 is 0. The minimum absolute atomic E-state index is 0.0631. The lowest BCUT2D eigenvalue weighted by molar-refractivity contribution is -0.132. The van der Waals surface area contributed by atoms with Crippen LogP contribution in [0, 0.1) is 11.7 Å². The Morgan fingerprint density at radius 3 is 2.24 bits per heavy atom. The molecule has 2 aromatic rings. The van der Waals surface area contributed by atoms with Gasteiger partial charge in [-0.05, 0) is 90.0 Å². The van der Waals surface area contributed by atoms with Crippen LogP contribution in [0.3, 0.4) is 0 Å². The zero-order valence-corrected chi connectivity index (χ0v) is 27.6. The normalized spacial score (nSPS) is 18.7. The number of carbonyl (C=O) groups is 3. The Bertz CT molecular complexity index is 1360. The summed E-state index contributed by atoms with van der Waals surface area (Å²) in [6.45, 7) is 12.1. The summed E-state index contributed by atoms with van der Waals surface area (Å²) in [6, 6.07) is 7.06. The summed E-state index contributed by atoms with van der Waals surface area (Å²) < 4.78 is 45.9. The molecule has 12 heteroatoms. The third-order valence-corrected chi connectivity index (χ3v) is 8.08. The molecular weight excluding hydrogens is 598 g/mol. The van der Waals surface area contributed by atoms with Crippen LogP contribution in [0.2, 0.25) is 0 Å². The van der Waals surface area contributed by atoms with E-state index in [4.69, 9.17) is 14.2 Å². The molecule has 0 radical (unpaired) electrons. The first-order chi connectivity index (χ1) is 21.7. The van der Waals surface area contributed by atoms with Gasteiger partial charge in [-0.15, -0.1) is 0 Å². The number of hydrogen-bond donors (Lipinski definition) is 1. The maximum absolute atomic E-state index is 15.4. The molecule has 0 spiro atoms. The molecular formula is C34H46F2N4O6. The van der Waals surface area contributed by atoms with E-state index in [1.807, 2.05) is 20.8 Å². The van der Waals surface area contributed by atoms with Gasteiger partial charge in [-0.2, -0.15) is 0 Å². The SMILES string of the molecule is CC(C)OC(=O)N1CCC(C(C)Oc2ccc(-c3ccc(CC(NC(=O)OC(C)(C)C)C(=O)N4CCC(F)C4)c(F)c3)cn2)CC1. The Morgan fingerprint density at radius 1 is 1.00 bits per heavy atom. The molecule has 0 aliphatic carbocycles. The van der Waals surface area contributed by atoms with Crippen LogP contribution in [0.15, 0.2) is 36.5 Å². The van der Waals surface area contributed by atoms with Gasteiger partial charge >= 0.3 is 12.2 Å². The van der Waals surface area contributed by atoms with Gasteiger partial charge in [0.1, 0.15) is 29.7 Å². The molecule has 1 aromatic carbocycles. The number of benzene rings is 1. The monoisotopic (exact) mass is 644 g/mol. The number of alkyl carbamates (subject to hydrolysis) is 1. The molecule has 0 bridgehead atoms. The van der Waals surface area contributed by atoms with E-state index in [0.29, 0.717) is 30.1 Å². The third-order valence-electron chi connectivity index (χ3n) is 8.08. The van der Waals surface area contributed by atoms with Crippen molar-refractivity contribution in [2.45, 2.75) is 97.2 Å². The lowest BCUT2D eigenvalue weighted by Gasteiger charge is -2.34. The molecule has 3 amide bonds. The number of aromatic nitrogens is 1. The maximum atomic E-state index is 15.4. The van der Waals surface area contributed by atoms with Crippen molar-refractivity contribution in [3.05, 3.63) is 47.9 Å². The third kappa shape index (κ3) is 9.77. The van der Waals surface area contributed by atoms with E-state index in [-0.39, 0.29) is 55.7 Å². The van der Waals surface area contributed by atoms with Crippen molar-refractivity contribution in [2.24, 2.45) is 5.92 Å². The maximum Gasteiger partial charge on any atom is 0.410 e. The smallest absolute Gasteiger partial charge is 0.410 e. The average molecular weight is 645 g/mol. The summed E-state index contributed by atoms with van der Waals surface area (Å²) in [4.78, 5) is 45.4. The van der Waals surface area contributed by atoms with Crippen LogP contribution in [0.25, 0.3) is 11.1 Å². The van der Waals surface area contributed by atoms with Crippen molar-refractivity contribution < 1.29 is 37.4 Å². The summed E-state index contributed by atoms with van der Waals surface area (Å²) in [5, 5.41) is 2.56. The van der Waals surface area contributed by atoms with Crippen LogP contribution < -0.4 is 10.1 Å². The van der Waals surface area contributed by atoms with Crippen LogP contribution in [0.5, 0.6) is 5.88 Å². The fourth-order valence-corrected chi connectivity index (χ4v) is 5.64. The highest BCUT2D eigenvalue weighted by Gasteiger charge is 2.33. The van der Waals surface area contributed by atoms with Gasteiger partial charge in [-0.1, -0.05) is 12.1 Å². The molecule has 3 atom stereocenters. The highest BCUT2D eigenvalue weighted by Crippen LogP contribution is 2.27. The summed E-state index contributed by atoms with van der Waals surface area (Å²) in [5.74, 6) is -0.330. The number of likely N-dealkylation sites (tertiary alicyclic amines) is 2. The molecule has 2 fully saturated rings. The van der Waals surface area contributed by atoms with Gasteiger partial charge in [-0.3, -0.25) is 4.79 Å². The van der Waals surface area contributed by atoms with Gasteiger partial charge in [-0.25, -0.2) is 23.4 Å². The first-order valence-corrected chi connectivity index (χ1v) is 16.0. The average Bonchev–Trinajstić information content (AvgIpc) is 3.42. The topological polar surface area (TPSA) is 110 Å². The number of amides is 3. The molecule has 10 nitrogen and oxygen atoms in total. The number of nitrogens with one attached hydrogen (secondary N) is 1.